The second-order valence-electron chi connectivity index (χ2n) is 3.28. The Morgan fingerprint density at radius 2 is 2.00 bits per heavy atom. The summed E-state index contributed by atoms with van der Waals surface area (Å²) < 4.78 is 17.9. The topological polar surface area (TPSA) is 50.7 Å². The molecule has 0 unspecified atom stereocenters. The number of nitrogens with zero attached hydrogens (tertiary/aromatic N) is 1. The Kier molecular flexibility index (Phi) is 5.37. The summed E-state index contributed by atoms with van der Waals surface area (Å²) >= 11 is 11.2. The molecule has 0 atom stereocenters. The number of hydrogen-bond donors (Lipinski definition) is 1. The van der Waals surface area contributed by atoms with E-state index in [2.05, 4.69) is 10.5 Å². The third-order valence-corrected chi connectivity index (χ3v) is 2.46. The minimum atomic E-state index is -0.699. The van der Waals surface area contributed by atoms with Crippen molar-refractivity contribution in [2.24, 2.45) is 5.10 Å². The minimum Gasteiger partial charge on any atom is -0.461 e. The number of esters is 1. The molecule has 0 aromatic heterocycles. The summed E-state index contributed by atoms with van der Waals surface area (Å²) in [6, 6.07) is 2.62. The molecule has 98 valence electrons. The van der Waals surface area contributed by atoms with Gasteiger partial charge in [0.25, 0.3) is 0 Å². The molecule has 1 rings (SSSR count). The maximum absolute atomic E-state index is 13.1. The van der Waals surface area contributed by atoms with E-state index < -0.39 is 11.8 Å². The minimum absolute atomic E-state index is 0.131. The van der Waals surface area contributed by atoms with E-state index in [9.17, 15) is 9.18 Å². The van der Waals surface area contributed by atoms with Crippen molar-refractivity contribution < 1.29 is 13.9 Å². The molecular formula is C11H11Cl2FN2O2. The zero-order valence-corrected chi connectivity index (χ0v) is 11.3. The monoisotopic (exact) mass is 292 g/mol. The molecule has 1 aromatic carbocycles. The van der Waals surface area contributed by atoms with E-state index in [0.717, 1.165) is 0 Å². The van der Waals surface area contributed by atoms with Gasteiger partial charge in [-0.15, -0.1) is 0 Å². The fourth-order valence-corrected chi connectivity index (χ4v) is 1.54. The Balaban J connectivity index is 2.80. The first-order valence-electron chi connectivity index (χ1n) is 5.07. The van der Waals surface area contributed by atoms with E-state index in [1.165, 1.54) is 19.1 Å². The molecule has 0 bridgehead atoms. The summed E-state index contributed by atoms with van der Waals surface area (Å²) in [5, 5.41) is 3.52. The average Bonchev–Trinajstić information content (AvgIpc) is 2.33. The normalized spacial score (nSPS) is 11.3. The van der Waals surface area contributed by atoms with Crippen LogP contribution in [0.25, 0.3) is 0 Å². The van der Waals surface area contributed by atoms with Gasteiger partial charge in [0.2, 0.25) is 0 Å². The molecule has 0 aliphatic carbocycles. The number of hydrazone groups is 1. The van der Waals surface area contributed by atoms with Gasteiger partial charge in [-0.05, 0) is 26.0 Å². The summed E-state index contributed by atoms with van der Waals surface area (Å²) in [5.74, 6) is -1.24. The van der Waals surface area contributed by atoms with Gasteiger partial charge < -0.3 is 4.74 Å². The lowest BCUT2D eigenvalue weighted by Crippen LogP contribution is -2.15. The molecule has 0 amide bonds. The van der Waals surface area contributed by atoms with Crippen LogP contribution in [-0.4, -0.2) is 18.3 Å². The SMILES string of the molecule is CCOC(=O)/C(C)=N/Nc1cc(Cl)c(F)c(Cl)c1. The fraction of sp³-hybridized carbons (Fsp3) is 0.273. The van der Waals surface area contributed by atoms with E-state index in [1.807, 2.05) is 0 Å². The molecule has 0 saturated heterocycles. The molecule has 7 heteroatoms. The second-order valence-corrected chi connectivity index (χ2v) is 4.10. The molecule has 1 aromatic rings. The van der Waals surface area contributed by atoms with Crippen molar-refractivity contribution in [1.82, 2.24) is 0 Å². The first kappa shape index (κ1) is 14.7. The van der Waals surface area contributed by atoms with Crippen LogP contribution in [0.3, 0.4) is 0 Å². The molecule has 18 heavy (non-hydrogen) atoms. The highest BCUT2D eigenvalue weighted by molar-refractivity contribution is 6.36. The molecule has 0 radical (unpaired) electrons. The van der Waals surface area contributed by atoms with Crippen molar-refractivity contribution in [3.05, 3.63) is 28.0 Å². The number of nitrogens with one attached hydrogen (secondary N) is 1. The van der Waals surface area contributed by atoms with Gasteiger partial charge in [-0.2, -0.15) is 5.10 Å². The number of benzene rings is 1. The molecule has 0 saturated carbocycles. The number of anilines is 1. The fourth-order valence-electron chi connectivity index (χ4n) is 1.05. The van der Waals surface area contributed by atoms with Crippen LogP contribution in [0.5, 0.6) is 0 Å². The Hall–Kier alpha value is -1.33. The summed E-state index contributed by atoms with van der Waals surface area (Å²) in [6.45, 7) is 3.44. The molecule has 0 fully saturated rings. The van der Waals surface area contributed by atoms with Gasteiger partial charge in [0, 0.05) is 0 Å². The van der Waals surface area contributed by atoms with Gasteiger partial charge in [0.05, 0.1) is 22.3 Å². The van der Waals surface area contributed by atoms with Crippen molar-refractivity contribution in [3.63, 3.8) is 0 Å². The lowest BCUT2D eigenvalue weighted by molar-refractivity contribution is -0.135. The van der Waals surface area contributed by atoms with Crippen LogP contribution in [0.2, 0.25) is 10.0 Å². The third-order valence-electron chi connectivity index (χ3n) is 1.91. The highest BCUT2D eigenvalue weighted by Crippen LogP contribution is 2.27. The first-order valence-corrected chi connectivity index (χ1v) is 5.83. The van der Waals surface area contributed by atoms with Crippen molar-refractivity contribution in [2.45, 2.75) is 13.8 Å². The molecule has 1 N–H and O–H groups in total. The van der Waals surface area contributed by atoms with Crippen LogP contribution in [-0.2, 0) is 9.53 Å². The Morgan fingerprint density at radius 3 is 2.50 bits per heavy atom. The van der Waals surface area contributed by atoms with Crippen molar-refractivity contribution in [3.8, 4) is 0 Å². The molecule has 0 heterocycles. The van der Waals surface area contributed by atoms with Crippen LogP contribution in [0.4, 0.5) is 10.1 Å². The summed E-state index contributed by atoms with van der Waals surface area (Å²) in [7, 11) is 0. The average molecular weight is 293 g/mol. The van der Waals surface area contributed by atoms with Crippen molar-refractivity contribution in [2.75, 3.05) is 12.0 Å². The highest BCUT2D eigenvalue weighted by Gasteiger charge is 2.09. The van der Waals surface area contributed by atoms with Crippen molar-refractivity contribution in [1.29, 1.82) is 0 Å². The molecule has 0 aliphatic rings. The molecule has 4 nitrogen and oxygen atoms in total. The largest absolute Gasteiger partial charge is 0.461 e. The highest BCUT2D eigenvalue weighted by atomic mass is 35.5. The van der Waals surface area contributed by atoms with E-state index in [1.54, 1.807) is 6.92 Å². The Bertz CT molecular complexity index is 469. The maximum Gasteiger partial charge on any atom is 0.354 e. The van der Waals surface area contributed by atoms with Gasteiger partial charge in [-0.3, -0.25) is 5.43 Å². The quantitative estimate of drug-likeness (QED) is 0.400. The number of hydrogen-bond acceptors (Lipinski definition) is 4. The predicted octanol–water partition coefficient (Wildman–Crippen LogP) is 3.48. The third kappa shape index (κ3) is 3.85. The number of rotatable bonds is 4. The van der Waals surface area contributed by atoms with E-state index in [4.69, 9.17) is 27.9 Å². The van der Waals surface area contributed by atoms with Gasteiger partial charge in [-0.25, -0.2) is 9.18 Å². The van der Waals surface area contributed by atoms with Crippen LogP contribution >= 0.6 is 23.2 Å². The molecule has 0 spiro atoms. The van der Waals surface area contributed by atoms with Gasteiger partial charge >= 0.3 is 5.97 Å². The number of carbonyl (C=O) groups is 1. The second kappa shape index (κ2) is 6.56. The lowest BCUT2D eigenvalue weighted by atomic mass is 10.3. The molecule has 0 aliphatic heterocycles. The maximum atomic E-state index is 13.1. The van der Waals surface area contributed by atoms with Crippen LogP contribution in [0.1, 0.15) is 13.8 Å². The first-order chi connectivity index (χ1) is 8.45. The van der Waals surface area contributed by atoms with E-state index >= 15 is 0 Å². The smallest absolute Gasteiger partial charge is 0.354 e. The number of ether oxygens (including phenoxy) is 1. The summed E-state index contributed by atoms with van der Waals surface area (Å²) in [5.41, 5.74) is 3.05. The number of halogens is 3. The zero-order chi connectivity index (χ0) is 13.7. The predicted molar refractivity (Wildman–Crippen MR) is 69.8 cm³/mol. The standard InChI is InChI=1S/C11H11Cl2FN2O2/c1-3-18-11(17)6(2)15-16-7-4-8(12)10(14)9(13)5-7/h4-5,16H,3H2,1-2H3/b15-6+. The lowest BCUT2D eigenvalue weighted by Gasteiger charge is -2.05. The zero-order valence-electron chi connectivity index (χ0n) is 9.76. The molecular weight excluding hydrogens is 282 g/mol. The summed E-state index contributed by atoms with van der Waals surface area (Å²) in [4.78, 5) is 11.2. The van der Waals surface area contributed by atoms with E-state index in [-0.39, 0.29) is 22.4 Å². The van der Waals surface area contributed by atoms with Crippen LogP contribution < -0.4 is 5.43 Å². The number of carbonyl (C=O) groups excluding carboxylic acids is 1. The van der Waals surface area contributed by atoms with Gasteiger partial charge in [0.1, 0.15) is 5.71 Å². The van der Waals surface area contributed by atoms with Gasteiger partial charge in [0.15, 0.2) is 5.82 Å². The Labute approximate surface area is 114 Å². The Morgan fingerprint density at radius 1 is 1.44 bits per heavy atom. The van der Waals surface area contributed by atoms with Crippen LogP contribution in [0.15, 0.2) is 17.2 Å². The van der Waals surface area contributed by atoms with Crippen LogP contribution in [0, 0.1) is 5.82 Å². The van der Waals surface area contributed by atoms with E-state index in [0.29, 0.717) is 5.69 Å². The van der Waals surface area contributed by atoms with Gasteiger partial charge in [-0.1, -0.05) is 23.2 Å². The van der Waals surface area contributed by atoms with Crippen molar-refractivity contribution >= 4 is 40.6 Å². The summed E-state index contributed by atoms with van der Waals surface area (Å²) in [6.07, 6.45) is 0.